The summed E-state index contributed by atoms with van der Waals surface area (Å²) in [4.78, 5) is 4.10. The molecule has 0 saturated carbocycles. The molecule has 84 valence electrons. The van der Waals surface area contributed by atoms with Gasteiger partial charge in [-0.15, -0.1) is 0 Å². The number of hydrogen-bond donors (Lipinski definition) is 0. The van der Waals surface area contributed by atoms with Crippen molar-refractivity contribution in [3.63, 3.8) is 0 Å². The topological polar surface area (TPSA) is 12.9 Å². The van der Waals surface area contributed by atoms with Crippen molar-refractivity contribution < 1.29 is 13.2 Å². The maximum absolute atomic E-state index is 12.7. The van der Waals surface area contributed by atoms with E-state index in [0.717, 1.165) is 6.07 Å². The number of pyridine rings is 1. The zero-order valence-electron chi connectivity index (χ0n) is 8.27. The lowest BCUT2D eigenvalue weighted by Gasteiger charge is -2.11. The number of halogens is 4. The Morgan fingerprint density at radius 1 is 1.12 bits per heavy atom. The summed E-state index contributed by atoms with van der Waals surface area (Å²) < 4.78 is 38.7. The molecule has 0 aliphatic heterocycles. The van der Waals surface area contributed by atoms with Crippen molar-refractivity contribution in [3.8, 4) is 0 Å². The van der Waals surface area contributed by atoms with Crippen LogP contribution in [0, 0.1) is 6.92 Å². The molecular formula is C11H7BrF3N. The van der Waals surface area contributed by atoms with Crippen LogP contribution in [-0.4, -0.2) is 4.98 Å². The molecule has 0 spiro atoms. The molecule has 16 heavy (non-hydrogen) atoms. The summed E-state index contributed by atoms with van der Waals surface area (Å²) in [5.74, 6) is 0. The number of nitrogens with zero attached hydrogens (tertiary/aromatic N) is 1. The summed E-state index contributed by atoms with van der Waals surface area (Å²) in [6.45, 7) is 1.74. The lowest BCUT2D eigenvalue weighted by Crippen LogP contribution is -2.06. The highest BCUT2D eigenvalue weighted by Gasteiger charge is 2.32. The fourth-order valence-electron chi connectivity index (χ4n) is 1.53. The monoisotopic (exact) mass is 289 g/mol. The van der Waals surface area contributed by atoms with E-state index in [2.05, 4.69) is 20.9 Å². The van der Waals surface area contributed by atoms with Crippen LogP contribution in [0.4, 0.5) is 13.2 Å². The zero-order chi connectivity index (χ0) is 11.9. The van der Waals surface area contributed by atoms with Gasteiger partial charge in [-0.1, -0.05) is 6.07 Å². The van der Waals surface area contributed by atoms with Gasteiger partial charge in [-0.25, -0.2) is 0 Å². The summed E-state index contributed by atoms with van der Waals surface area (Å²) in [7, 11) is 0. The Balaban J connectivity index is 2.85. The quantitative estimate of drug-likeness (QED) is 0.704. The maximum Gasteiger partial charge on any atom is 0.417 e. The molecule has 0 atom stereocenters. The summed E-state index contributed by atoms with van der Waals surface area (Å²) in [6.07, 6.45) is -4.35. The van der Waals surface area contributed by atoms with Crippen molar-refractivity contribution >= 4 is 26.8 Å². The number of aryl methyl sites for hydroxylation is 1. The van der Waals surface area contributed by atoms with Crippen LogP contribution >= 0.6 is 15.9 Å². The molecule has 1 aromatic heterocycles. The van der Waals surface area contributed by atoms with Gasteiger partial charge in [0.05, 0.1) is 11.1 Å². The van der Waals surface area contributed by atoms with E-state index in [1.54, 1.807) is 13.0 Å². The van der Waals surface area contributed by atoms with E-state index in [0.29, 0.717) is 15.7 Å². The van der Waals surface area contributed by atoms with Gasteiger partial charge in [0.15, 0.2) is 0 Å². The van der Waals surface area contributed by atoms with Crippen LogP contribution in [0.3, 0.4) is 0 Å². The van der Waals surface area contributed by atoms with Gasteiger partial charge in [0, 0.05) is 15.6 Å². The highest BCUT2D eigenvalue weighted by Crippen LogP contribution is 2.36. The lowest BCUT2D eigenvalue weighted by molar-refractivity contribution is -0.136. The van der Waals surface area contributed by atoms with Crippen molar-refractivity contribution in [3.05, 3.63) is 40.0 Å². The number of alkyl halides is 3. The molecule has 0 aliphatic rings. The molecule has 5 heteroatoms. The highest BCUT2D eigenvalue weighted by molar-refractivity contribution is 9.10. The molecule has 0 N–H and O–H groups in total. The number of aromatic nitrogens is 1. The van der Waals surface area contributed by atoms with E-state index in [1.165, 1.54) is 12.1 Å². The van der Waals surface area contributed by atoms with Crippen LogP contribution in [0.1, 0.15) is 11.3 Å². The van der Waals surface area contributed by atoms with E-state index in [4.69, 9.17) is 0 Å². The lowest BCUT2D eigenvalue weighted by atomic mass is 10.1. The van der Waals surface area contributed by atoms with Gasteiger partial charge in [-0.2, -0.15) is 13.2 Å². The van der Waals surface area contributed by atoms with Crippen LogP contribution in [0.5, 0.6) is 0 Å². The zero-order valence-corrected chi connectivity index (χ0v) is 9.85. The molecule has 0 aliphatic carbocycles. The van der Waals surface area contributed by atoms with Crippen LogP contribution in [0.2, 0.25) is 0 Å². The Hall–Kier alpha value is -1.10. The predicted molar refractivity (Wildman–Crippen MR) is 59.2 cm³/mol. The van der Waals surface area contributed by atoms with Gasteiger partial charge in [0.1, 0.15) is 0 Å². The Labute approximate surface area is 98.4 Å². The summed E-state index contributed by atoms with van der Waals surface area (Å²) in [6, 6.07) is 5.45. The second kappa shape index (κ2) is 3.73. The van der Waals surface area contributed by atoms with Gasteiger partial charge < -0.3 is 0 Å². The van der Waals surface area contributed by atoms with E-state index in [9.17, 15) is 13.2 Å². The first kappa shape index (κ1) is 11.4. The average Bonchev–Trinajstić information content (AvgIpc) is 2.17. The molecule has 2 aromatic rings. The molecule has 1 heterocycles. The van der Waals surface area contributed by atoms with Gasteiger partial charge in [-0.05, 0) is 41.1 Å². The minimum Gasteiger partial charge on any atom is -0.252 e. The summed E-state index contributed by atoms with van der Waals surface area (Å²) in [5, 5.41) is 0.118. The molecule has 0 amide bonds. The van der Waals surface area contributed by atoms with Gasteiger partial charge in [-0.3, -0.25) is 4.98 Å². The largest absolute Gasteiger partial charge is 0.417 e. The second-order valence-electron chi connectivity index (χ2n) is 3.44. The molecule has 0 saturated heterocycles. The predicted octanol–water partition coefficient (Wildman–Crippen LogP) is 4.32. The van der Waals surface area contributed by atoms with Crippen LogP contribution in [-0.2, 0) is 6.18 Å². The average molecular weight is 290 g/mol. The van der Waals surface area contributed by atoms with Crippen molar-refractivity contribution in [2.24, 2.45) is 0 Å². The molecule has 0 radical (unpaired) electrons. The Morgan fingerprint density at radius 3 is 2.44 bits per heavy atom. The fourth-order valence-corrected chi connectivity index (χ4v) is 1.96. The Kier molecular flexibility index (Phi) is 2.66. The first-order valence-corrected chi connectivity index (χ1v) is 5.32. The van der Waals surface area contributed by atoms with Gasteiger partial charge >= 0.3 is 6.18 Å². The third-order valence-corrected chi connectivity index (χ3v) is 2.89. The third kappa shape index (κ3) is 1.91. The van der Waals surface area contributed by atoms with E-state index in [-0.39, 0.29) is 5.39 Å². The van der Waals surface area contributed by atoms with Gasteiger partial charge in [0.25, 0.3) is 0 Å². The van der Waals surface area contributed by atoms with E-state index < -0.39 is 11.7 Å². The first-order chi connectivity index (χ1) is 7.39. The number of benzene rings is 1. The molecule has 0 fully saturated rings. The maximum atomic E-state index is 12.7. The van der Waals surface area contributed by atoms with E-state index in [1.807, 2.05) is 0 Å². The van der Waals surface area contributed by atoms with E-state index >= 15 is 0 Å². The molecule has 1 nitrogen and oxygen atoms in total. The number of fused-ring (bicyclic) bond motifs is 1. The molecule has 2 rings (SSSR count). The van der Waals surface area contributed by atoms with Crippen molar-refractivity contribution in [2.45, 2.75) is 13.1 Å². The summed E-state index contributed by atoms with van der Waals surface area (Å²) in [5.41, 5.74) is 0.376. The first-order valence-electron chi connectivity index (χ1n) is 4.52. The van der Waals surface area contributed by atoms with Crippen LogP contribution < -0.4 is 0 Å². The molecular weight excluding hydrogens is 283 g/mol. The fraction of sp³-hybridized carbons (Fsp3) is 0.182. The third-order valence-electron chi connectivity index (χ3n) is 2.25. The smallest absolute Gasteiger partial charge is 0.252 e. The molecule has 0 bridgehead atoms. The molecule has 0 unspecified atom stereocenters. The Morgan fingerprint density at radius 2 is 1.81 bits per heavy atom. The Bertz CT molecular complexity index is 549. The second-order valence-corrected chi connectivity index (χ2v) is 4.30. The minimum absolute atomic E-state index is 0.118. The van der Waals surface area contributed by atoms with Gasteiger partial charge in [0.2, 0.25) is 0 Å². The number of rotatable bonds is 0. The summed E-state index contributed by atoms with van der Waals surface area (Å²) >= 11 is 3.20. The van der Waals surface area contributed by atoms with Crippen molar-refractivity contribution in [1.82, 2.24) is 4.98 Å². The normalized spacial score (nSPS) is 12.1. The number of hydrogen-bond acceptors (Lipinski definition) is 1. The van der Waals surface area contributed by atoms with Crippen LogP contribution in [0.15, 0.2) is 28.7 Å². The standard InChI is InChI=1S/C11H7BrF3N/c1-6-2-3-7-8(11(13,14)15)4-5-9(12)10(7)16-6/h2-5H,1H3. The highest BCUT2D eigenvalue weighted by atomic mass is 79.9. The minimum atomic E-state index is -4.35. The van der Waals surface area contributed by atoms with Crippen molar-refractivity contribution in [1.29, 1.82) is 0 Å². The SMILES string of the molecule is Cc1ccc2c(C(F)(F)F)ccc(Br)c2n1. The van der Waals surface area contributed by atoms with Crippen LogP contribution in [0.25, 0.3) is 10.9 Å². The molecule has 1 aromatic carbocycles. The van der Waals surface area contributed by atoms with Crippen molar-refractivity contribution in [2.75, 3.05) is 0 Å².